The van der Waals surface area contributed by atoms with Gasteiger partial charge in [-0.3, -0.25) is 14.9 Å². The largest absolute Gasteiger partial charge is 0.353 e. The predicted octanol–water partition coefficient (Wildman–Crippen LogP) is 3.97. The molecular formula is C24H26N6O4. The lowest BCUT2D eigenvalue weighted by atomic mass is 10.1. The Hall–Kier alpha value is -3.82. The minimum absolute atomic E-state index is 0.0364. The van der Waals surface area contributed by atoms with Gasteiger partial charge in [-0.05, 0) is 38.0 Å². The van der Waals surface area contributed by atoms with Gasteiger partial charge in [-0.1, -0.05) is 24.1 Å². The second-order valence-electron chi connectivity index (χ2n) is 8.88. The van der Waals surface area contributed by atoms with Crippen molar-refractivity contribution in [3.63, 3.8) is 0 Å². The average molecular weight is 463 g/mol. The highest BCUT2D eigenvalue weighted by atomic mass is 16.6. The summed E-state index contributed by atoms with van der Waals surface area (Å²) in [5.74, 6) is 2.28. The molecule has 34 heavy (non-hydrogen) atoms. The fraction of sp³-hybridized carbons (Fsp3) is 0.417. The molecular weight excluding hydrogens is 436 g/mol. The highest BCUT2D eigenvalue weighted by Crippen LogP contribution is 2.34. The van der Waals surface area contributed by atoms with Crippen LogP contribution in [-0.2, 0) is 0 Å². The molecule has 0 unspecified atom stereocenters. The molecule has 2 aromatic heterocycles. The molecule has 176 valence electrons. The Morgan fingerprint density at radius 3 is 2.56 bits per heavy atom. The Bertz CT molecular complexity index is 1190. The number of benzene rings is 1. The van der Waals surface area contributed by atoms with Crippen LogP contribution in [0.4, 0.5) is 11.5 Å². The maximum Gasteiger partial charge on any atom is 0.273 e. The number of anilines is 1. The average Bonchev–Trinajstić information content (AvgIpc) is 3.56. The van der Waals surface area contributed by atoms with Crippen molar-refractivity contribution in [2.75, 3.05) is 31.1 Å². The summed E-state index contributed by atoms with van der Waals surface area (Å²) in [6.45, 7) is 3.94. The van der Waals surface area contributed by atoms with E-state index in [0.29, 0.717) is 49.0 Å². The third-order valence-electron chi connectivity index (χ3n) is 6.70. The minimum atomic E-state index is -0.455. The van der Waals surface area contributed by atoms with Crippen molar-refractivity contribution < 1.29 is 14.2 Å². The van der Waals surface area contributed by atoms with E-state index in [-0.39, 0.29) is 11.6 Å². The normalized spacial score (nSPS) is 16.7. The number of nitro benzene ring substituents is 1. The zero-order chi connectivity index (χ0) is 23.7. The van der Waals surface area contributed by atoms with E-state index < -0.39 is 4.92 Å². The van der Waals surface area contributed by atoms with Crippen molar-refractivity contribution in [1.29, 1.82) is 0 Å². The number of aryl methyl sites for hydroxylation is 1. The van der Waals surface area contributed by atoms with Gasteiger partial charge in [0.1, 0.15) is 5.82 Å². The van der Waals surface area contributed by atoms with Crippen LogP contribution in [-0.4, -0.2) is 57.0 Å². The van der Waals surface area contributed by atoms with Crippen LogP contribution in [0.15, 0.2) is 41.1 Å². The summed E-state index contributed by atoms with van der Waals surface area (Å²) in [5.41, 5.74) is 1.65. The molecule has 1 aromatic carbocycles. The zero-order valence-electron chi connectivity index (χ0n) is 19.0. The molecule has 0 radical (unpaired) electrons. The summed E-state index contributed by atoms with van der Waals surface area (Å²) in [5, 5.41) is 15.3. The number of carbonyl (C=O) groups excluding carboxylic acids is 1. The molecule has 0 spiro atoms. The first-order valence-electron chi connectivity index (χ1n) is 11.6. The quantitative estimate of drug-likeness (QED) is 0.413. The van der Waals surface area contributed by atoms with E-state index in [9.17, 15) is 14.9 Å². The maximum atomic E-state index is 12.9. The van der Waals surface area contributed by atoms with E-state index in [1.54, 1.807) is 30.2 Å². The summed E-state index contributed by atoms with van der Waals surface area (Å²) >= 11 is 0. The Labute approximate surface area is 196 Å². The Kier molecular flexibility index (Phi) is 5.95. The van der Waals surface area contributed by atoms with Gasteiger partial charge in [-0.15, -0.1) is 0 Å². The number of nitro groups is 1. The van der Waals surface area contributed by atoms with Crippen LogP contribution in [0.5, 0.6) is 0 Å². The topological polar surface area (TPSA) is 119 Å². The van der Waals surface area contributed by atoms with Crippen LogP contribution in [0.2, 0.25) is 0 Å². The van der Waals surface area contributed by atoms with E-state index in [2.05, 4.69) is 20.0 Å². The third kappa shape index (κ3) is 4.35. The summed E-state index contributed by atoms with van der Waals surface area (Å²) < 4.78 is 5.47. The number of amides is 1. The van der Waals surface area contributed by atoms with Gasteiger partial charge in [0.25, 0.3) is 11.6 Å². The molecule has 3 aromatic rings. The van der Waals surface area contributed by atoms with E-state index in [4.69, 9.17) is 4.52 Å². The molecule has 1 saturated heterocycles. The second kappa shape index (κ2) is 9.20. The molecule has 10 heteroatoms. The molecule has 2 aliphatic rings. The molecule has 1 aliphatic heterocycles. The third-order valence-corrected chi connectivity index (χ3v) is 6.70. The van der Waals surface area contributed by atoms with Crippen molar-refractivity contribution in [3.8, 4) is 11.4 Å². The van der Waals surface area contributed by atoms with E-state index in [0.717, 1.165) is 30.1 Å². The Morgan fingerprint density at radius 1 is 1.12 bits per heavy atom. The first kappa shape index (κ1) is 22.0. The number of nitrogens with zero attached hydrogens (tertiary/aromatic N) is 6. The van der Waals surface area contributed by atoms with E-state index in [1.807, 2.05) is 12.1 Å². The SMILES string of the molecule is Cc1ccc(C(=O)N2CCN(c3ccc(-c4noc(C5CCCC5)n4)cn3)CC2)cc1[N+](=O)[O-]. The molecule has 1 aliphatic carbocycles. The molecule has 2 fully saturated rings. The number of aromatic nitrogens is 3. The van der Waals surface area contributed by atoms with Gasteiger partial charge in [0.05, 0.1) is 4.92 Å². The van der Waals surface area contributed by atoms with Gasteiger partial charge in [-0.25, -0.2) is 4.98 Å². The van der Waals surface area contributed by atoms with Gasteiger partial charge in [0.15, 0.2) is 0 Å². The number of carbonyl (C=O) groups is 1. The highest BCUT2D eigenvalue weighted by molar-refractivity contribution is 5.95. The number of hydrogen-bond donors (Lipinski definition) is 0. The molecule has 0 atom stereocenters. The van der Waals surface area contributed by atoms with Crippen molar-refractivity contribution in [1.82, 2.24) is 20.0 Å². The fourth-order valence-electron chi connectivity index (χ4n) is 4.66. The molecule has 0 N–H and O–H groups in total. The lowest BCUT2D eigenvalue weighted by molar-refractivity contribution is -0.385. The standard InChI is InChI=1S/C24H26N6O4/c1-16-6-7-18(14-20(16)30(32)33)24(31)29-12-10-28(11-13-29)21-9-8-19(15-25-21)22-26-23(34-27-22)17-4-2-3-5-17/h6-9,14-15,17H,2-5,10-13H2,1H3. The summed E-state index contributed by atoms with van der Waals surface area (Å²) in [6.07, 6.45) is 6.38. The number of piperazine rings is 1. The van der Waals surface area contributed by atoms with Crippen molar-refractivity contribution in [2.45, 2.75) is 38.5 Å². The van der Waals surface area contributed by atoms with Crippen molar-refractivity contribution in [3.05, 3.63) is 63.7 Å². The van der Waals surface area contributed by atoms with E-state index in [1.165, 1.54) is 18.9 Å². The first-order chi connectivity index (χ1) is 16.5. The number of rotatable bonds is 5. The summed E-state index contributed by atoms with van der Waals surface area (Å²) in [6, 6.07) is 8.50. The van der Waals surface area contributed by atoms with Gasteiger partial charge < -0.3 is 14.3 Å². The van der Waals surface area contributed by atoms with Crippen LogP contribution in [0.3, 0.4) is 0 Å². The predicted molar refractivity (Wildman–Crippen MR) is 125 cm³/mol. The molecule has 1 amide bonds. The lowest BCUT2D eigenvalue weighted by Gasteiger charge is -2.35. The van der Waals surface area contributed by atoms with Crippen LogP contribution in [0.1, 0.15) is 53.4 Å². The first-order valence-corrected chi connectivity index (χ1v) is 11.6. The van der Waals surface area contributed by atoms with Gasteiger partial charge in [-0.2, -0.15) is 4.98 Å². The van der Waals surface area contributed by atoms with Crippen LogP contribution in [0, 0.1) is 17.0 Å². The van der Waals surface area contributed by atoms with Crippen molar-refractivity contribution in [2.24, 2.45) is 0 Å². The molecule has 1 saturated carbocycles. The van der Waals surface area contributed by atoms with Gasteiger partial charge in [0, 0.05) is 61.1 Å². The monoisotopic (exact) mass is 462 g/mol. The second-order valence-corrected chi connectivity index (χ2v) is 8.88. The van der Waals surface area contributed by atoms with Crippen LogP contribution >= 0.6 is 0 Å². The van der Waals surface area contributed by atoms with E-state index >= 15 is 0 Å². The Morgan fingerprint density at radius 2 is 1.88 bits per heavy atom. The number of hydrogen-bond acceptors (Lipinski definition) is 8. The van der Waals surface area contributed by atoms with Gasteiger partial charge in [0.2, 0.25) is 11.7 Å². The summed E-state index contributed by atoms with van der Waals surface area (Å²) in [7, 11) is 0. The molecule has 3 heterocycles. The zero-order valence-corrected chi connectivity index (χ0v) is 19.0. The van der Waals surface area contributed by atoms with Crippen LogP contribution < -0.4 is 4.90 Å². The van der Waals surface area contributed by atoms with Crippen molar-refractivity contribution >= 4 is 17.4 Å². The molecule has 10 nitrogen and oxygen atoms in total. The van der Waals surface area contributed by atoms with Crippen LogP contribution in [0.25, 0.3) is 11.4 Å². The minimum Gasteiger partial charge on any atom is -0.353 e. The highest BCUT2D eigenvalue weighted by Gasteiger charge is 2.26. The maximum absolute atomic E-state index is 12.9. The molecule has 5 rings (SSSR count). The number of pyridine rings is 1. The Balaban J connectivity index is 1.21. The summed E-state index contributed by atoms with van der Waals surface area (Å²) in [4.78, 5) is 36.6. The van der Waals surface area contributed by atoms with Gasteiger partial charge >= 0.3 is 0 Å². The smallest absolute Gasteiger partial charge is 0.273 e. The fourth-order valence-corrected chi connectivity index (χ4v) is 4.66. The molecule has 0 bridgehead atoms. The lowest BCUT2D eigenvalue weighted by Crippen LogP contribution is -2.49.